The first-order chi connectivity index (χ1) is 10.4. The van der Waals surface area contributed by atoms with Gasteiger partial charge in [0.05, 0.1) is 6.61 Å². The molecule has 0 bridgehead atoms. The average molecular weight is 289 g/mol. The standard InChI is InChI=1S/C18H27NO2/c20-16-17-8-10-18(11-9-17)21-15-7-2-1-4-12-19-13-5-3-6-14-19/h8-11,16H,1-7,12-15H2. The molecule has 3 nitrogen and oxygen atoms in total. The SMILES string of the molecule is O=Cc1ccc(OCCCCCCN2CCCCC2)cc1. The maximum Gasteiger partial charge on any atom is 0.150 e. The highest BCUT2D eigenvalue weighted by Crippen LogP contribution is 2.13. The van der Waals surface area contributed by atoms with Gasteiger partial charge in [-0.25, -0.2) is 0 Å². The number of hydrogen-bond acceptors (Lipinski definition) is 3. The van der Waals surface area contributed by atoms with E-state index in [-0.39, 0.29) is 0 Å². The van der Waals surface area contributed by atoms with Crippen LogP contribution in [0.25, 0.3) is 0 Å². The number of likely N-dealkylation sites (tertiary alicyclic amines) is 1. The van der Waals surface area contributed by atoms with Crippen molar-refractivity contribution in [3.8, 4) is 5.75 Å². The van der Waals surface area contributed by atoms with Crippen LogP contribution >= 0.6 is 0 Å². The summed E-state index contributed by atoms with van der Waals surface area (Å²) < 4.78 is 5.68. The molecule has 3 heteroatoms. The zero-order valence-electron chi connectivity index (χ0n) is 12.9. The Bertz CT molecular complexity index is 396. The monoisotopic (exact) mass is 289 g/mol. The van der Waals surface area contributed by atoms with Gasteiger partial charge in [-0.15, -0.1) is 0 Å². The van der Waals surface area contributed by atoms with E-state index in [0.29, 0.717) is 5.56 Å². The molecular formula is C18H27NO2. The molecule has 0 aromatic heterocycles. The minimum atomic E-state index is 0.695. The van der Waals surface area contributed by atoms with Crippen LogP contribution in [0.5, 0.6) is 5.75 Å². The highest BCUT2D eigenvalue weighted by atomic mass is 16.5. The third-order valence-electron chi connectivity index (χ3n) is 4.10. The molecule has 0 spiro atoms. The molecule has 0 saturated carbocycles. The van der Waals surface area contributed by atoms with Crippen molar-refractivity contribution in [2.45, 2.75) is 44.9 Å². The summed E-state index contributed by atoms with van der Waals surface area (Å²) in [5.41, 5.74) is 0.695. The quantitative estimate of drug-likeness (QED) is 0.509. The fourth-order valence-electron chi connectivity index (χ4n) is 2.81. The van der Waals surface area contributed by atoms with E-state index in [2.05, 4.69) is 4.90 Å². The van der Waals surface area contributed by atoms with Gasteiger partial charge in [0.15, 0.2) is 0 Å². The lowest BCUT2D eigenvalue weighted by Gasteiger charge is -2.26. The molecule has 0 atom stereocenters. The third-order valence-corrected chi connectivity index (χ3v) is 4.10. The van der Waals surface area contributed by atoms with E-state index < -0.39 is 0 Å². The van der Waals surface area contributed by atoms with Gasteiger partial charge in [0.1, 0.15) is 12.0 Å². The fraction of sp³-hybridized carbons (Fsp3) is 0.611. The summed E-state index contributed by atoms with van der Waals surface area (Å²) in [6.07, 6.45) is 9.99. The van der Waals surface area contributed by atoms with Gasteiger partial charge in [-0.1, -0.05) is 19.3 Å². The van der Waals surface area contributed by atoms with Crippen molar-refractivity contribution < 1.29 is 9.53 Å². The second-order valence-corrected chi connectivity index (χ2v) is 5.85. The number of nitrogens with zero attached hydrogens (tertiary/aromatic N) is 1. The smallest absolute Gasteiger partial charge is 0.150 e. The molecule has 1 heterocycles. The van der Waals surface area contributed by atoms with Gasteiger partial charge in [0.25, 0.3) is 0 Å². The lowest BCUT2D eigenvalue weighted by Crippen LogP contribution is -2.30. The van der Waals surface area contributed by atoms with Crippen LogP contribution in [0.15, 0.2) is 24.3 Å². The maximum atomic E-state index is 10.5. The summed E-state index contributed by atoms with van der Waals surface area (Å²) in [6, 6.07) is 7.31. The van der Waals surface area contributed by atoms with Crippen LogP contribution in [-0.2, 0) is 0 Å². The Kier molecular flexibility index (Phi) is 7.30. The second kappa shape index (κ2) is 9.56. The molecule has 1 saturated heterocycles. The summed E-state index contributed by atoms with van der Waals surface area (Å²) in [7, 11) is 0. The summed E-state index contributed by atoms with van der Waals surface area (Å²) in [5, 5.41) is 0. The Morgan fingerprint density at radius 2 is 1.67 bits per heavy atom. The van der Waals surface area contributed by atoms with Crippen molar-refractivity contribution in [1.82, 2.24) is 4.90 Å². The molecule has 0 amide bonds. The van der Waals surface area contributed by atoms with Crippen molar-refractivity contribution in [3.05, 3.63) is 29.8 Å². The first-order valence-corrected chi connectivity index (χ1v) is 8.29. The largest absolute Gasteiger partial charge is 0.494 e. The van der Waals surface area contributed by atoms with Gasteiger partial charge in [0, 0.05) is 5.56 Å². The summed E-state index contributed by atoms with van der Waals surface area (Å²) in [6.45, 7) is 4.65. The first kappa shape index (κ1) is 16.0. The van der Waals surface area contributed by atoms with Crippen LogP contribution in [0.1, 0.15) is 55.3 Å². The number of ether oxygens (including phenoxy) is 1. The summed E-state index contributed by atoms with van der Waals surface area (Å²) in [4.78, 5) is 13.2. The van der Waals surface area contributed by atoms with E-state index in [0.717, 1.165) is 25.1 Å². The fourth-order valence-corrected chi connectivity index (χ4v) is 2.81. The molecule has 116 valence electrons. The minimum absolute atomic E-state index is 0.695. The molecule has 1 aromatic carbocycles. The second-order valence-electron chi connectivity index (χ2n) is 5.85. The predicted octanol–water partition coefficient (Wildman–Crippen LogP) is 3.92. The normalized spacial score (nSPS) is 15.8. The number of piperidine rings is 1. The van der Waals surface area contributed by atoms with Crippen molar-refractivity contribution in [1.29, 1.82) is 0 Å². The number of hydrogen-bond donors (Lipinski definition) is 0. The molecule has 2 rings (SSSR count). The molecule has 0 unspecified atom stereocenters. The Balaban J connectivity index is 1.46. The molecule has 21 heavy (non-hydrogen) atoms. The lowest BCUT2D eigenvalue weighted by molar-refractivity contribution is 0.112. The number of aldehydes is 1. The van der Waals surface area contributed by atoms with E-state index in [1.807, 2.05) is 12.1 Å². The Morgan fingerprint density at radius 3 is 2.38 bits per heavy atom. The number of benzene rings is 1. The van der Waals surface area contributed by atoms with Gasteiger partial charge in [0.2, 0.25) is 0 Å². The molecule has 1 fully saturated rings. The van der Waals surface area contributed by atoms with Gasteiger partial charge < -0.3 is 9.64 Å². The van der Waals surface area contributed by atoms with Gasteiger partial charge in [-0.2, -0.15) is 0 Å². The van der Waals surface area contributed by atoms with Gasteiger partial charge in [-0.05, 0) is 69.6 Å². The highest BCUT2D eigenvalue weighted by Gasteiger charge is 2.08. The molecule has 0 N–H and O–H groups in total. The molecule has 0 aliphatic carbocycles. The van der Waals surface area contributed by atoms with Crippen molar-refractivity contribution >= 4 is 6.29 Å². The summed E-state index contributed by atoms with van der Waals surface area (Å²) >= 11 is 0. The van der Waals surface area contributed by atoms with Crippen molar-refractivity contribution in [2.75, 3.05) is 26.2 Å². The van der Waals surface area contributed by atoms with Gasteiger partial charge >= 0.3 is 0 Å². The van der Waals surface area contributed by atoms with Crippen LogP contribution in [0.3, 0.4) is 0 Å². The van der Waals surface area contributed by atoms with E-state index >= 15 is 0 Å². The zero-order valence-corrected chi connectivity index (χ0v) is 12.9. The lowest BCUT2D eigenvalue weighted by atomic mass is 10.1. The van der Waals surface area contributed by atoms with Crippen molar-refractivity contribution in [3.63, 3.8) is 0 Å². The average Bonchev–Trinajstić information content (AvgIpc) is 2.55. The number of rotatable bonds is 9. The van der Waals surface area contributed by atoms with Crippen molar-refractivity contribution in [2.24, 2.45) is 0 Å². The van der Waals surface area contributed by atoms with E-state index in [9.17, 15) is 4.79 Å². The van der Waals surface area contributed by atoms with Crippen LogP contribution in [0.2, 0.25) is 0 Å². The van der Waals surface area contributed by atoms with E-state index in [1.165, 1.54) is 58.2 Å². The van der Waals surface area contributed by atoms with E-state index in [1.54, 1.807) is 12.1 Å². The number of carbonyl (C=O) groups is 1. The van der Waals surface area contributed by atoms with Crippen LogP contribution in [0, 0.1) is 0 Å². The van der Waals surface area contributed by atoms with E-state index in [4.69, 9.17) is 4.74 Å². The summed E-state index contributed by atoms with van der Waals surface area (Å²) in [5.74, 6) is 0.855. The van der Waals surface area contributed by atoms with Crippen LogP contribution in [0.4, 0.5) is 0 Å². The minimum Gasteiger partial charge on any atom is -0.494 e. The molecule has 1 aromatic rings. The maximum absolute atomic E-state index is 10.5. The predicted molar refractivity (Wildman–Crippen MR) is 86.1 cm³/mol. The Labute approximate surface area is 128 Å². The first-order valence-electron chi connectivity index (χ1n) is 8.29. The molecule has 0 radical (unpaired) electrons. The topological polar surface area (TPSA) is 29.5 Å². The van der Waals surface area contributed by atoms with Gasteiger partial charge in [-0.3, -0.25) is 4.79 Å². The zero-order chi connectivity index (χ0) is 14.8. The highest BCUT2D eigenvalue weighted by molar-refractivity contribution is 5.74. The van der Waals surface area contributed by atoms with Crippen LogP contribution in [-0.4, -0.2) is 37.4 Å². The Morgan fingerprint density at radius 1 is 0.952 bits per heavy atom. The number of unbranched alkanes of at least 4 members (excludes halogenated alkanes) is 3. The van der Waals surface area contributed by atoms with Crippen LogP contribution < -0.4 is 4.74 Å². The number of carbonyl (C=O) groups excluding carboxylic acids is 1. The molecule has 1 aliphatic heterocycles. The molecular weight excluding hydrogens is 262 g/mol. The molecule has 1 aliphatic rings. The Hall–Kier alpha value is -1.35. The third kappa shape index (κ3) is 6.30.